The number of sulfonamides is 1. The third-order valence-electron chi connectivity index (χ3n) is 5.14. The van der Waals surface area contributed by atoms with E-state index in [0.29, 0.717) is 29.7 Å². The molecule has 0 amide bonds. The lowest BCUT2D eigenvalue weighted by Crippen LogP contribution is -2.39. The third kappa shape index (κ3) is 3.72. The molecule has 4 rings (SSSR count). The number of aromatic nitrogens is 2. The van der Waals surface area contributed by atoms with E-state index in [0.717, 1.165) is 29.5 Å². The third-order valence-corrected chi connectivity index (χ3v) is 7.02. The zero-order valence-corrected chi connectivity index (χ0v) is 16.8. The standard InChI is InChI=1S/C21H23N3O3S/c1-15-5-9-17(10-6-15)20-22-21(27-23-20)18-4-3-13-24(14-18)28(25,26)19-11-7-16(2)8-12-19/h5-12,18H,3-4,13-14H2,1-2H3. The summed E-state index contributed by atoms with van der Waals surface area (Å²) in [4.78, 5) is 4.86. The largest absolute Gasteiger partial charge is 0.339 e. The smallest absolute Gasteiger partial charge is 0.243 e. The molecule has 1 aliphatic heterocycles. The van der Waals surface area contributed by atoms with Gasteiger partial charge in [0, 0.05) is 18.7 Å². The quantitative estimate of drug-likeness (QED) is 0.667. The van der Waals surface area contributed by atoms with E-state index in [1.165, 1.54) is 4.31 Å². The summed E-state index contributed by atoms with van der Waals surface area (Å²) in [6.45, 7) is 4.82. The second-order valence-electron chi connectivity index (χ2n) is 7.34. The van der Waals surface area contributed by atoms with Gasteiger partial charge in [0.05, 0.1) is 10.8 Å². The maximum Gasteiger partial charge on any atom is 0.243 e. The highest BCUT2D eigenvalue weighted by molar-refractivity contribution is 7.89. The highest BCUT2D eigenvalue weighted by Gasteiger charge is 2.33. The van der Waals surface area contributed by atoms with Gasteiger partial charge in [0.25, 0.3) is 0 Å². The molecule has 0 aliphatic carbocycles. The van der Waals surface area contributed by atoms with Gasteiger partial charge >= 0.3 is 0 Å². The molecule has 6 nitrogen and oxygen atoms in total. The molecule has 1 unspecified atom stereocenters. The van der Waals surface area contributed by atoms with Crippen molar-refractivity contribution >= 4 is 10.0 Å². The Hall–Kier alpha value is -2.51. The lowest BCUT2D eigenvalue weighted by atomic mass is 10.00. The minimum absolute atomic E-state index is 0.0966. The van der Waals surface area contributed by atoms with E-state index in [1.54, 1.807) is 12.1 Å². The second kappa shape index (κ2) is 7.48. The van der Waals surface area contributed by atoms with Gasteiger partial charge in [-0.25, -0.2) is 8.42 Å². The fraction of sp³-hybridized carbons (Fsp3) is 0.333. The Morgan fingerprint density at radius 2 is 1.64 bits per heavy atom. The monoisotopic (exact) mass is 397 g/mol. The summed E-state index contributed by atoms with van der Waals surface area (Å²) >= 11 is 0. The van der Waals surface area contributed by atoms with Crippen LogP contribution in [0, 0.1) is 13.8 Å². The first-order valence-corrected chi connectivity index (χ1v) is 10.8. The Morgan fingerprint density at radius 1 is 1.00 bits per heavy atom. The lowest BCUT2D eigenvalue weighted by Gasteiger charge is -2.30. The van der Waals surface area contributed by atoms with E-state index in [1.807, 2.05) is 50.2 Å². The van der Waals surface area contributed by atoms with Crippen molar-refractivity contribution in [1.82, 2.24) is 14.4 Å². The number of benzene rings is 2. The average Bonchev–Trinajstić information content (AvgIpc) is 3.19. The molecule has 0 N–H and O–H groups in total. The van der Waals surface area contributed by atoms with E-state index < -0.39 is 10.0 Å². The van der Waals surface area contributed by atoms with Crippen LogP contribution in [0.4, 0.5) is 0 Å². The Balaban J connectivity index is 1.54. The van der Waals surface area contributed by atoms with Gasteiger partial charge in [-0.15, -0.1) is 0 Å². The molecule has 0 saturated carbocycles. The molecule has 0 bridgehead atoms. The molecule has 1 fully saturated rings. The van der Waals surface area contributed by atoms with Gasteiger partial charge < -0.3 is 4.52 Å². The van der Waals surface area contributed by atoms with Crippen LogP contribution in [0.2, 0.25) is 0 Å². The van der Waals surface area contributed by atoms with Crippen molar-refractivity contribution < 1.29 is 12.9 Å². The van der Waals surface area contributed by atoms with Crippen LogP contribution in [-0.2, 0) is 10.0 Å². The summed E-state index contributed by atoms with van der Waals surface area (Å²) in [5.74, 6) is 0.938. The van der Waals surface area contributed by atoms with Crippen LogP contribution >= 0.6 is 0 Å². The van der Waals surface area contributed by atoms with Gasteiger partial charge in [0.1, 0.15) is 0 Å². The molecular formula is C21H23N3O3S. The van der Waals surface area contributed by atoms with E-state index in [9.17, 15) is 8.42 Å². The summed E-state index contributed by atoms with van der Waals surface area (Å²) in [6, 6.07) is 14.9. The minimum Gasteiger partial charge on any atom is -0.339 e. The fourth-order valence-corrected chi connectivity index (χ4v) is 4.97. The van der Waals surface area contributed by atoms with Crippen LogP contribution < -0.4 is 0 Å². The van der Waals surface area contributed by atoms with Crippen molar-refractivity contribution in [3.63, 3.8) is 0 Å². The number of aryl methyl sites for hydroxylation is 2. The normalized spacial score (nSPS) is 18.3. The summed E-state index contributed by atoms with van der Waals surface area (Å²) < 4.78 is 33.0. The Kier molecular flexibility index (Phi) is 5.03. The van der Waals surface area contributed by atoms with Crippen molar-refractivity contribution in [1.29, 1.82) is 0 Å². The lowest BCUT2D eigenvalue weighted by molar-refractivity contribution is 0.265. The molecule has 2 aromatic carbocycles. The maximum absolute atomic E-state index is 13.0. The van der Waals surface area contributed by atoms with E-state index in [4.69, 9.17) is 4.52 Å². The number of hydrogen-bond acceptors (Lipinski definition) is 5. The second-order valence-corrected chi connectivity index (χ2v) is 9.28. The van der Waals surface area contributed by atoms with Crippen LogP contribution in [0.3, 0.4) is 0 Å². The molecule has 1 aromatic heterocycles. The zero-order valence-electron chi connectivity index (χ0n) is 16.0. The van der Waals surface area contributed by atoms with Crippen molar-refractivity contribution in [3.05, 3.63) is 65.5 Å². The zero-order chi connectivity index (χ0) is 19.7. The van der Waals surface area contributed by atoms with Crippen LogP contribution in [0.1, 0.15) is 35.8 Å². The highest BCUT2D eigenvalue weighted by atomic mass is 32.2. The van der Waals surface area contributed by atoms with Crippen molar-refractivity contribution in [3.8, 4) is 11.4 Å². The van der Waals surface area contributed by atoms with Crippen LogP contribution in [0.15, 0.2) is 57.9 Å². The van der Waals surface area contributed by atoms with Crippen LogP contribution in [-0.4, -0.2) is 36.0 Å². The molecule has 3 aromatic rings. The predicted molar refractivity (Wildman–Crippen MR) is 106 cm³/mol. The van der Waals surface area contributed by atoms with Gasteiger partial charge in [-0.3, -0.25) is 0 Å². The summed E-state index contributed by atoms with van der Waals surface area (Å²) in [7, 11) is -3.53. The van der Waals surface area contributed by atoms with Crippen molar-refractivity contribution in [2.75, 3.05) is 13.1 Å². The predicted octanol–water partition coefficient (Wildman–Crippen LogP) is 3.92. The van der Waals surface area contributed by atoms with Gasteiger partial charge in [-0.1, -0.05) is 52.7 Å². The van der Waals surface area contributed by atoms with Gasteiger partial charge in [0.15, 0.2) is 0 Å². The Labute approximate surface area is 165 Å². The number of nitrogens with zero attached hydrogens (tertiary/aromatic N) is 3. The summed E-state index contributed by atoms with van der Waals surface area (Å²) in [6.07, 6.45) is 1.59. The van der Waals surface area contributed by atoms with Crippen LogP contribution in [0.25, 0.3) is 11.4 Å². The van der Waals surface area contributed by atoms with Crippen molar-refractivity contribution in [2.24, 2.45) is 0 Å². The molecule has 146 valence electrons. The summed E-state index contributed by atoms with van der Waals surface area (Å²) in [5.41, 5.74) is 3.09. The molecule has 2 heterocycles. The molecule has 7 heteroatoms. The first kappa shape index (κ1) is 18.8. The number of piperidine rings is 1. The molecular weight excluding hydrogens is 374 g/mol. The van der Waals surface area contributed by atoms with Crippen molar-refractivity contribution in [2.45, 2.75) is 37.5 Å². The van der Waals surface area contributed by atoms with E-state index in [2.05, 4.69) is 10.1 Å². The Morgan fingerprint density at radius 3 is 2.32 bits per heavy atom. The van der Waals surface area contributed by atoms with Gasteiger partial charge in [-0.05, 0) is 38.8 Å². The maximum atomic E-state index is 13.0. The minimum atomic E-state index is -3.53. The first-order valence-electron chi connectivity index (χ1n) is 9.41. The van der Waals surface area contributed by atoms with E-state index in [-0.39, 0.29) is 5.92 Å². The van der Waals surface area contributed by atoms with E-state index >= 15 is 0 Å². The van der Waals surface area contributed by atoms with Gasteiger partial charge in [-0.2, -0.15) is 9.29 Å². The molecule has 1 aliphatic rings. The Bertz CT molecular complexity index is 1060. The fourth-order valence-electron chi connectivity index (χ4n) is 3.44. The van der Waals surface area contributed by atoms with Crippen LogP contribution in [0.5, 0.6) is 0 Å². The topological polar surface area (TPSA) is 76.3 Å². The van der Waals surface area contributed by atoms with Gasteiger partial charge in [0.2, 0.25) is 21.7 Å². The SMILES string of the molecule is Cc1ccc(-c2noc(C3CCCN(S(=O)(=O)c4ccc(C)cc4)C3)n2)cc1. The first-order chi connectivity index (χ1) is 13.4. The molecule has 1 saturated heterocycles. The highest BCUT2D eigenvalue weighted by Crippen LogP contribution is 2.30. The number of hydrogen-bond donors (Lipinski definition) is 0. The average molecular weight is 398 g/mol. The molecule has 1 atom stereocenters. The number of rotatable bonds is 4. The summed E-state index contributed by atoms with van der Waals surface area (Å²) in [5, 5.41) is 4.09. The molecule has 28 heavy (non-hydrogen) atoms. The molecule has 0 radical (unpaired) electrons. The molecule has 0 spiro atoms.